The second-order valence-corrected chi connectivity index (χ2v) is 4.46. The van der Waals surface area contributed by atoms with Gasteiger partial charge in [-0.05, 0) is 11.4 Å². The maximum absolute atomic E-state index is 11.6. The molecule has 2 heterocycles. The van der Waals surface area contributed by atoms with E-state index in [2.05, 4.69) is 15.3 Å². The third-order valence-electron chi connectivity index (χ3n) is 2.03. The van der Waals surface area contributed by atoms with Crippen LogP contribution in [-0.2, 0) is 6.42 Å². The molecule has 4 nitrogen and oxygen atoms in total. The number of carbonyl (C=O) groups is 1. The highest BCUT2D eigenvalue weighted by atomic mass is 35.5. The summed E-state index contributed by atoms with van der Waals surface area (Å²) in [5, 5.41) is 5.09. The Morgan fingerprint density at radius 2 is 2.50 bits per heavy atom. The Hall–Kier alpha value is -1.33. The van der Waals surface area contributed by atoms with Crippen molar-refractivity contribution in [3.05, 3.63) is 39.6 Å². The lowest BCUT2D eigenvalue weighted by Gasteiger charge is -2.02. The van der Waals surface area contributed by atoms with Crippen molar-refractivity contribution in [1.82, 2.24) is 15.3 Å². The number of aromatic nitrogens is 2. The third kappa shape index (κ3) is 2.62. The lowest BCUT2D eigenvalue weighted by atomic mass is 10.4. The Morgan fingerprint density at radius 3 is 3.12 bits per heavy atom. The molecule has 2 N–H and O–H groups in total. The summed E-state index contributed by atoms with van der Waals surface area (Å²) in [7, 11) is 0. The zero-order chi connectivity index (χ0) is 11.4. The Bertz CT molecular complexity index is 466. The minimum Gasteiger partial charge on any atom is -0.351 e. The second-order valence-electron chi connectivity index (χ2n) is 3.14. The van der Waals surface area contributed by atoms with E-state index in [1.165, 1.54) is 11.3 Å². The van der Waals surface area contributed by atoms with Gasteiger partial charge < -0.3 is 10.3 Å². The molecule has 0 aromatic carbocycles. The normalized spacial score (nSPS) is 10.3. The predicted molar refractivity (Wildman–Crippen MR) is 64.0 cm³/mol. The summed E-state index contributed by atoms with van der Waals surface area (Å²) < 4.78 is 0. The maximum atomic E-state index is 11.6. The van der Waals surface area contributed by atoms with E-state index in [4.69, 9.17) is 11.6 Å². The molecule has 0 radical (unpaired) electrons. The number of nitrogens with zero attached hydrogens (tertiary/aromatic N) is 1. The van der Waals surface area contributed by atoms with Crippen molar-refractivity contribution in [3.8, 4) is 0 Å². The van der Waals surface area contributed by atoms with E-state index in [0.717, 1.165) is 5.82 Å². The minimum absolute atomic E-state index is 0.133. The number of halogens is 1. The fourth-order valence-electron chi connectivity index (χ4n) is 1.27. The highest BCUT2D eigenvalue weighted by molar-refractivity contribution is 7.12. The van der Waals surface area contributed by atoms with E-state index in [1.807, 2.05) is 0 Å². The molecule has 0 aliphatic carbocycles. The molecule has 84 valence electrons. The first kappa shape index (κ1) is 11.2. The molecule has 0 aliphatic rings. The van der Waals surface area contributed by atoms with E-state index in [1.54, 1.807) is 23.8 Å². The van der Waals surface area contributed by atoms with Gasteiger partial charge in [-0.25, -0.2) is 4.98 Å². The van der Waals surface area contributed by atoms with Crippen LogP contribution in [0.2, 0.25) is 5.02 Å². The smallest absolute Gasteiger partial charge is 0.262 e. The van der Waals surface area contributed by atoms with Gasteiger partial charge in [-0.2, -0.15) is 0 Å². The Morgan fingerprint density at radius 1 is 1.62 bits per heavy atom. The number of amides is 1. The monoisotopic (exact) mass is 255 g/mol. The number of aromatic amines is 1. The van der Waals surface area contributed by atoms with Crippen LogP contribution in [0.15, 0.2) is 23.8 Å². The van der Waals surface area contributed by atoms with Gasteiger partial charge in [0.2, 0.25) is 0 Å². The summed E-state index contributed by atoms with van der Waals surface area (Å²) in [5.74, 6) is 0.726. The lowest BCUT2D eigenvalue weighted by molar-refractivity contribution is 0.0958. The number of thiophene rings is 1. The maximum Gasteiger partial charge on any atom is 0.262 e. The quantitative estimate of drug-likeness (QED) is 0.879. The average Bonchev–Trinajstić information content (AvgIpc) is 2.88. The molecular formula is C10H10ClN3OS. The van der Waals surface area contributed by atoms with Crippen molar-refractivity contribution in [2.24, 2.45) is 0 Å². The molecule has 0 spiro atoms. The van der Waals surface area contributed by atoms with Gasteiger partial charge in [-0.1, -0.05) is 11.6 Å². The van der Waals surface area contributed by atoms with E-state index >= 15 is 0 Å². The molecule has 2 rings (SSSR count). The number of imidazole rings is 1. The van der Waals surface area contributed by atoms with Crippen molar-refractivity contribution < 1.29 is 4.79 Å². The number of hydrogen-bond donors (Lipinski definition) is 2. The standard InChI is InChI=1S/C10H10ClN3OS/c11-7-2-6-16-9(7)10(15)14-3-1-8-12-4-5-13-8/h2,4-6H,1,3H2,(H,12,13)(H,14,15). The molecule has 1 amide bonds. The van der Waals surface area contributed by atoms with Gasteiger partial charge in [-0.15, -0.1) is 11.3 Å². The van der Waals surface area contributed by atoms with Crippen LogP contribution in [0.5, 0.6) is 0 Å². The van der Waals surface area contributed by atoms with Crippen molar-refractivity contribution in [2.45, 2.75) is 6.42 Å². The molecule has 0 bridgehead atoms. The fraction of sp³-hybridized carbons (Fsp3) is 0.200. The molecular weight excluding hydrogens is 246 g/mol. The van der Waals surface area contributed by atoms with Gasteiger partial charge in [0.05, 0.1) is 5.02 Å². The summed E-state index contributed by atoms with van der Waals surface area (Å²) >= 11 is 7.18. The molecule has 6 heteroatoms. The third-order valence-corrected chi connectivity index (χ3v) is 3.37. The van der Waals surface area contributed by atoms with Crippen LogP contribution in [0, 0.1) is 0 Å². The summed E-state index contributed by atoms with van der Waals surface area (Å²) in [6.45, 7) is 0.542. The van der Waals surface area contributed by atoms with Crippen molar-refractivity contribution >= 4 is 28.8 Å². The summed E-state index contributed by atoms with van der Waals surface area (Å²) in [6.07, 6.45) is 4.13. The van der Waals surface area contributed by atoms with Crippen LogP contribution < -0.4 is 5.32 Å². The van der Waals surface area contributed by atoms with E-state index in [-0.39, 0.29) is 5.91 Å². The van der Waals surface area contributed by atoms with Crippen LogP contribution in [-0.4, -0.2) is 22.4 Å². The fourth-order valence-corrected chi connectivity index (χ4v) is 2.32. The van der Waals surface area contributed by atoms with Gasteiger partial charge >= 0.3 is 0 Å². The zero-order valence-electron chi connectivity index (χ0n) is 8.37. The van der Waals surface area contributed by atoms with E-state index < -0.39 is 0 Å². The number of nitrogens with one attached hydrogen (secondary N) is 2. The molecule has 2 aromatic rings. The first-order valence-corrected chi connectivity index (χ1v) is 6.02. The van der Waals surface area contributed by atoms with E-state index in [0.29, 0.717) is 22.9 Å². The highest BCUT2D eigenvalue weighted by Gasteiger charge is 2.10. The first-order valence-electron chi connectivity index (χ1n) is 4.77. The lowest BCUT2D eigenvalue weighted by Crippen LogP contribution is -2.25. The van der Waals surface area contributed by atoms with Crippen molar-refractivity contribution in [1.29, 1.82) is 0 Å². The second kappa shape index (κ2) is 5.14. The van der Waals surface area contributed by atoms with E-state index in [9.17, 15) is 4.79 Å². The van der Waals surface area contributed by atoms with Gasteiger partial charge in [0.15, 0.2) is 0 Å². The predicted octanol–water partition coefficient (Wildman–Crippen LogP) is 2.10. The SMILES string of the molecule is O=C(NCCc1ncc[nH]1)c1sccc1Cl. The number of H-pyrrole nitrogens is 1. The summed E-state index contributed by atoms with van der Waals surface area (Å²) in [4.78, 5) is 19.2. The Kier molecular flexibility index (Phi) is 3.58. The Labute approximate surface area is 102 Å². The molecule has 0 saturated heterocycles. The zero-order valence-corrected chi connectivity index (χ0v) is 9.94. The van der Waals surface area contributed by atoms with Crippen LogP contribution in [0.25, 0.3) is 0 Å². The van der Waals surface area contributed by atoms with Gasteiger partial charge in [-0.3, -0.25) is 4.79 Å². The topological polar surface area (TPSA) is 57.8 Å². The van der Waals surface area contributed by atoms with Crippen molar-refractivity contribution in [3.63, 3.8) is 0 Å². The summed E-state index contributed by atoms with van der Waals surface area (Å²) in [6, 6.07) is 1.72. The van der Waals surface area contributed by atoms with Crippen molar-refractivity contribution in [2.75, 3.05) is 6.54 Å². The largest absolute Gasteiger partial charge is 0.351 e. The van der Waals surface area contributed by atoms with Gasteiger partial charge in [0, 0.05) is 25.4 Å². The molecule has 0 aliphatic heterocycles. The molecule has 0 atom stereocenters. The number of rotatable bonds is 4. The molecule has 2 aromatic heterocycles. The van der Waals surface area contributed by atoms with Crippen LogP contribution in [0.3, 0.4) is 0 Å². The summed E-state index contributed by atoms with van der Waals surface area (Å²) in [5.41, 5.74) is 0. The number of hydrogen-bond acceptors (Lipinski definition) is 3. The van der Waals surface area contributed by atoms with Gasteiger partial charge in [0.1, 0.15) is 10.7 Å². The molecule has 16 heavy (non-hydrogen) atoms. The Balaban J connectivity index is 1.83. The van der Waals surface area contributed by atoms with Crippen LogP contribution in [0.1, 0.15) is 15.5 Å². The van der Waals surface area contributed by atoms with Gasteiger partial charge in [0.25, 0.3) is 5.91 Å². The van der Waals surface area contributed by atoms with Crippen LogP contribution >= 0.6 is 22.9 Å². The molecule has 0 saturated carbocycles. The first-order chi connectivity index (χ1) is 7.77. The minimum atomic E-state index is -0.133. The molecule has 0 fully saturated rings. The highest BCUT2D eigenvalue weighted by Crippen LogP contribution is 2.21. The molecule has 0 unspecified atom stereocenters. The average molecular weight is 256 g/mol. The number of carbonyl (C=O) groups excluding carboxylic acids is 1. The van der Waals surface area contributed by atoms with Crippen LogP contribution in [0.4, 0.5) is 0 Å².